The fourth-order valence-electron chi connectivity index (χ4n) is 1.94. The summed E-state index contributed by atoms with van der Waals surface area (Å²) in [7, 11) is 0. The molecule has 0 saturated heterocycles. The lowest BCUT2D eigenvalue weighted by molar-refractivity contribution is -0.135. The van der Waals surface area contributed by atoms with Crippen LogP contribution in [0.15, 0.2) is 30.6 Å². The monoisotopic (exact) mass is 245 g/mol. The van der Waals surface area contributed by atoms with Crippen LogP contribution in [0.2, 0.25) is 0 Å². The Morgan fingerprint density at radius 2 is 2.17 bits per heavy atom. The standard InChI is InChI=1S/C13H15N3O2/c1-2-8-16(9-12(17)18)11-5-7-14-10-4-3-6-15-13(10)11/h3-7H,2,8-9H2,1H3,(H,17,18). The zero-order chi connectivity index (χ0) is 13.0. The van der Waals surface area contributed by atoms with E-state index in [-0.39, 0.29) is 6.54 Å². The van der Waals surface area contributed by atoms with Crippen LogP contribution in [-0.4, -0.2) is 34.1 Å². The number of carboxylic acid groups (broad SMARTS) is 1. The first-order valence-corrected chi connectivity index (χ1v) is 5.89. The van der Waals surface area contributed by atoms with Gasteiger partial charge in [-0.3, -0.25) is 14.8 Å². The summed E-state index contributed by atoms with van der Waals surface area (Å²) >= 11 is 0. The van der Waals surface area contributed by atoms with E-state index >= 15 is 0 Å². The van der Waals surface area contributed by atoms with Gasteiger partial charge < -0.3 is 10.0 Å². The van der Waals surface area contributed by atoms with Crippen LogP contribution in [0.25, 0.3) is 11.0 Å². The Balaban J connectivity index is 2.46. The van der Waals surface area contributed by atoms with Gasteiger partial charge in [-0.15, -0.1) is 0 Å². The fraction of sp³-hybridized carbons (Fsp3) is 0.308. The number of hydrogen-bond acceptors (Lipinski definition) is 4. The van der Waals surface area contributed by atoms with E-state index in [4.69, 9.17) is 5.11 Å². The summed E-state index contributed by atoms with van der Waals surface area (Å²) in [5.74, 6) is -0.843. The minimum atomic E-state index is -0.843. The average molecular weight is 245 g/mol. The van der Waals surface area contributed by atoms with Gasteiger partial charge in [0.05, 0.1) is 11.2 Å². The van der Waals surface area contributed by atoms with Gasteiger partial charge in [-0.2, -0.15) is 0 Å². The molecule has 94 valence electrons. The van der Waals surface area contributed by atoms with E-state index in [0.29, 0.717) is 6.54 Å². The molecule has 0 radical (unpaired) electrons. The summed E-state index contributed by atoms with van der Waals surface area (Å²) in [5.41, 5.74) is 2.35. The van der Waals surface area contributed by atoms with Gasteiger partial charge in [0.1, 0.15) is 12.1 Å². The van der Waals surface area contributed by atoms with Crippen LogP contribution in [-0.2, 0) is 4.79 Å². The van der Waals surface area contributed by atoms with Gasteiger partial charge in [0, 0.05) is 18.9 Å². The fourth-order valence-corrected chi connectivity index (χ4v) is 1.94. The lowest BCUT2D eigenvalue weighted by atomic mass is 10.2. The van der Waals surface area contributed by atoms with Crippen LogP contribution in [0.3, 0.4) is 0 Å². The first-order chi connectivity index (χ1) is 8.72. The maximum absolute atomic E-state index is 10.9. The number of carbonyl (C=O) groups is 1. The van der Waals surface area contributed by atoms with E-state index in [1.165, 1.54) is 0 Å². The normalized spacial score (nSPS) is 10.5. The van der Waals surface area contributed by atoms with Crippen LogP contribution in [0.4, 0.5) is 5.69 Å². The Bertz CT molecular complexity index is 551. The SMILES string of the molecule is CCCN(CC(=O)O)c1ccnc2cccnc12. The van der Waals surface area contributed by atoms with E-state index in [2.05, 4.69) is 9.97 Å². The predicted molar refractivity (Wildman–Crippen MR) is 69.7 cm³/mol. The molecule has 0 aromatic carbocycles. The molecule has 1 N–H and O–H groups in total. The van der Waals surface area contributed by atoms with Crippen molar-refractivity contribution in [3.05, 3.63) is 30.6 Å². The maximum Gasteiger partial charge on any atom is 0.323 e. The van der Waals surface area contributed by atoms with Gasteiger partial charge in [0.2, 0.25) is 0 Å². The molecule has 0 spiro atoms. The first kappa shape index (κ1) is 12.3. The van der Waals surface area contributed by atoms with Crippen LogP contribution >= 0.6 is 0 Å². The van der Waals surface area contributed by atoms with Gasteiger partial charge in [0.15, 0.2) is 0 Å². The summed E-state index contributed by atoms with van der Waals surface area (Å²) in [6.07, 6.45) is 4.26. The summed E-state index contributed by atoms with van der Waals surface area (Å²) in [6, 6.07) is 5.51. The second kappa shape index (κ2) is 5.44. The molecule has 2 aromatic heterocycles. The zero-order valence-corrected chi connectivity index (χ0v) is 10.2. The number of carboxylic acids is 1. The quantitative estimate of drug-likeness (QED) is 0.871. The summed E-state index contributed by atoms with van der Waals surface area (Å²) in [4.78, 5) is 21.3. The second-order valence-electron chi connectivity index (χ2n) is 4.02. The van der Waals surface area contributed by atoms with Crippen molar-refractivity contribution in [3.63, 3.8) is 0 Å². The van der Waals surface area contributed by atoms with Crippen molar-refractivity contribution >= 4 is 22.7 Å². The highest BCUT2D eigenvalue weighted by molar-refractivity contribution is 5.89. The van der Waals surface area contributed by atoms with E-state index in [9.17, 15) is 4.79 Å². The van der Waals surface area contributed by atoms with Crippen LogP contribution in [0.1, 0.15) is 13.3 Å². The number of fused-ring (bicyclic) bond motifs is 1. The minimum Gasteiger partial charge on any atom is -0.480 e. The van der Waals surface area contributed by atoms with Crippen molar-refractivity contribution in [2.45, 2.75) is 13.3 Å². The number of nitrogens with zero attached hydrogens (tertiary/aromatic N) is 3. The molecule has 18 heavy (non-hydrogen) atoms. The van der Waals surface area contributed by atoms with Crippen LogP contribution < -0.4 is 4.90 Å². The third kappa shape index (κ3) is 2.56. The number of anilines is 1. The van der Waals surface area contributed by atoms with Gasteiger partial charge in [0.25, 0.3) is 0 Å². The molecule has 0 bridgehead atoms. The Morgan fingerprint density at radius 3 is 2.89 bits per heavy atom. The third-order valence-corrected chi connectivity index (χ3v) is 2.64. The number of hydrogen-bond donors (Lipinski definition) is 1. The second-order valence-corrected chi connectivity index (χ2v) is 4.02. The highest BCUT2D eigenvalue weighted by Gasteiger charge is 2.13. The van der Waals surface area contributed by atoms with Gasteiger partial charge in [-0.25, -0.2) is 0 Å². The zero-order valence-electron chi connectivity index (χ0n) is 10.2. The molecule has 0 unspecified atom stereocenters. The molecule has 0 atom stereocenters. The molecule has 2 aromatic rings. The highest BCUT2D eigenvalue weighted by atomic mass is 16.4. The van der Waals surface area contributed by atoms with Crippen molar-refractivity contribution in [2.75, 3.05) is 18.0 Å². The number of aliphatic carboxylic acids is 1. The predicted octanol–water partition coefficient (Wildman–Crippen LogP) is 1.93. The molecular weight excluding hydrogens is 230 g/mol. The van der Waals surface area contributed by atoms with E-state index in [1.807, 2.05) is 30.0 Å². The summed E-state index contributed by atoms with van der Waals surface area (Å²) in [5, 5.41) is 8.97. The lowest BCUT2D eigenvalue weighted by Gasteiger charge is -2.22. The Morgan fingerprint density at radius 1 is 1.33 bits per heavy atom. The van der Waals surface area contributed by atoms with Crippen molar-refractivity contribution in [1.29, 1.82) is 0 Å². The molecule has 0 aliphatic heterocycles. The highest BCUT2D eigenvalue weighted by Crippen LogP contribution is 2.22. The Kier molecular flexibility index (Phi) is 3.72. The minimum absolute atomic E-state index is 0.0243. The van der Waals surface area contributed by atoms with Crippen LogP contribution in [0.5, 0.6) is 0 Å². The average Bonchev–Trinajstić information content (AvgIpc) is 2.37. The maximum atomic E-state index is 10.9. The molecule has 0 amide bonds. The smallest absolute Gasteiger partial charge is 0.323 e. The van der Waals surface area contributed by atoms with Crippen molar-refractivity contribution in [3.8, 4) is 0 Å². The first-order valence-electron chi connectivity index (χ1n) is 5.89. The van der Waals surface area contributed by atoms with Gasteiger partial charge >= 0.3 is 5.97 Å². The third-order valence-electron chi connectivity index (χ3n) is 2.64. The van der Waals surface area contributed by atoms with Gasteiger partial charge in [-0.05, 0) is 24.6 Å². The van der Waals surface area contributed by atoms with E-state index in [1.54, 1.807) is 12.4 Å². The summed E-state index contributed by atoms with van der Waals surface area (Å²) in [6.45, 7) is 2.68. The van der Waals surface area contributed by atoms with Crippen molar-refractivity contribution in [2.24, 2.45) is 0 Å². The lowest BCUT2D eigenvalue weighted by Crippen LogP contribution is -2.30. The van der Waals surface area contributed by atoms with E-state index in [0.717, 1.165) is 23.1 Å². The summed E-state index contributed by atoms with van der Waals surface area (Å²) < 4.78 is 0. The molecule has 0 aliphatic rings. The van der Waals surface area contributed by atoms with Crippen LogP contribution in [0, 0.1) is 0 Å². The Hall–Kier alpha value is -2.17. The van der Waals surface area contributed by atoms with Crippen molar-refractivity contribution < 1.29 is 9.90 Å². The van der Waals surface area contributed by atoms with Crippen molar-refractivity contribution in [1.82, 2.24) is 9.97 Å². The molecule has 2 rings (SSSR count). The largest absolute Gasteiger partial charge is 0.480 e. The molecule has 0 fully saturated rings. The molecule has 0 aliphatic carbocycles. The molecule has 0 saturated carbocycles. The molecule has 5 heteroatoms. The topological polar surface area (TPSA) is 66.3 Å². The Labute approximate surface area is 105 Å². The van der Waals surface area contributed by atoms with E-state index < -0.39 is 5.97 Å². The number of rotatable bonds is 5. The molecule has 2 heterocycles. The molecule has 5 nitrogen and oxygen atoms in total. The number of aromatic nitrogens is 2. The molecular formula is C13H15N3O2. The number of pyridine rings is 2. The van der Waals surface area contributed by atoms with Gasteiger partial charge in [-0.1, -0.05) is 6.92 Å².